The average Bonchev–Trinajstić information content (AvgIpc) is 3.15. The van der Waals surface area contributed by atoms with E-state index in [9.17, 15) is 10.1 Å². The smallest absolute Gasteiger partial charge is 0.247 e. The number of halogens is 2. The van der Waals surface area contributed by atoms with Crippen LogP contribution in [-0.2, 0) is 11.2 Å². The quantitative estimate of drug-likeness (QED) is 0.632. The van der Waals surface area contributed by atoms with Crippen molar-refractivity contribution in [3.8, 4) is 17.5 Å². The molecule has 1 aromatic heterocycles. The van der Waals surface area contributed by atoms with Gasteiger partial charge in [-0.25, -0.2) is 0 Å². The van der Waals surface area contributed by atoms with Crippen molar-refractivity contribution in [3.05, 3.63) is 69.5 Å². The van der Waals surface area contributed by atoms with Gasteiger partial charge in [-0.1, -0.05) is 47.0 Å². The number of amides is 1. The molecule has 1 N–H and O–H groups in total. The lowest BCUT2D eigenvalue weighted by atomic mass is 10.1. The van der Waals surface area contributed by atoms with Crippen molar-refractivity contribution >= 4 is 29.1 Å². The molecule has 0 aliphatic heterocycles. The van der Waals surface area contributed by atoms with E-state index in [1.807, 2.05) is 37.3 Å². The van der Waals surface area contributed by atoms with Crippen molar-refractivity contribution in [2.75, 3.05) is 0 Å². The molecule has 0 radical (unpaired) electrons. The van der Waals surface area contributed by atoms with E-state index in [0.29, 0.717) is 27.4 Å². The minimum atomic E-state index is -0.945. The van der Waals surface area contributed by atoms with Crippen LogP contribution in [0.1, 0.15) is 29.5 Å². The van der Waals surface area contributed by atoms with E-state index in [0.717, 1.165) is 11.1 Å². The molecule has 6 nitrogen and oxygen atoms in total. The largest absolute Gasteiger partial charge is 0.421 e. The van der Waals surface area contributed by atoms with Crippen molar-refractivity contribution in [2.24, 2.45) is 0 Å². The van der Waals surface area contributed by atoms with Crippen LogP contribution in [0.15, 0.2) is 46.9 Å². The van der Waals surface area contributed by atoms with Crippen molar-refractivity contribution in [1.29, 1.82) is 5.26 Å². The summed E-state index contributed by atoms with van der Waals surface area (Å²) in [6.45, 7) is 1.99. The van der Waals surface area contributed by atoms with Crippen molar-refractivity contribution in [2.45, 2.75) is 25.8 Å². The molecule has 8 heteroatoms. The van der Waals surface area contributed by atoms with Gasteiger partial charge in [-0.2, -0.15) is 5.26 Å². The zero-order chi connectivity index (χ0) is 20.1. The maximum absolute atomic E-state index is 12.3. The standard InChI is InChI=1S/C20H16Cl2N4O2/c1-12-5-7-13(8-6-12)20-26-25-18(28-20)10-9-17(27)24-16(11-23)19-14(21)3-2-4-15(19)22/h2-8,16H,9-10H2,1H3,(H,24,27). The Balaban J connectivity index is 1.61. The van der Waals surface area contributed by atoms with Crippen LogP contribution in [0.3, 0.4) is 0 Å². The monoisotopic (exact) mass is 414 g/mol. The third-order valence-corrected chi connectivity index (χ3v) is 4.71. The number of carbonyl (C=O) groups excluding carboxylic acids is 1. The Labute approximate surface area is 172 Å². The van der Waals surface area contributed by atoms with Crippen LogP contribution in [-0.4, -0.2) is 16.1 Å². The number of hydrogen-bond acceptors (Lipinski definition) is 5. The van der Waals surface area contributed by atoms with E-state index in [2.05, 4.69) is 15.5 Å². The van der Waals surface area contributed by atoms with Crippen molar-refractivity contribution in [3.63, 3.8) is 0 Å². The van der Waals surface area contributed by atoms with Crippen LogP contribution in [0.2, 0.25) is 10.0 Å². The number of nitrogens with zero attached hydrogens (tertiary/aromatic N) is 3. The van der Waals surface area contributed by atoms with Gasteiger partial charge in [-0.05, 0) is 31.2 Å². The number of benzene rings is 2. The normalized spacial score (nSPS) is 11.6. The molecule has 0 bridgehead atoms. The van der Waals surface area contributed by atoms with Gasteiger partial charge in [0.25, 0.3) is 0 Å². The fourth-order valence-corrected chi connectivity index (χ4v) is 3.19. The molecule has 0 aliphatic carbocycles. The van der Waals surface area contributed by atoms with Crippen LogP contribution in [0.25, 0.3) is 11.5 Å². The van der Waals surface area contributed by atoms with Gasteiger partial charge >= 0.3 is 0 Å². The Morgan fingerprint density at radius 1 is 1.18 bits per heavy atom. The number of carbonyl (C=O) groups is 1. The summed E-state index contributed by atoms with van der Waals surface area (Å²) in [6, 6.07) is 13.7. The van der Waals surface area contributed by atoms with Crippen LogP contribution < -0.4 is 5.32 Å². The van der Waals surface area contributed by atoms with E-state index in [1.165, 1.54) is 0 Å². The maximum Gasteiger partial charge on any atom is 0.247 e. The van der Waals surface area contributed by atoms with E-state index in [4.69, 9.17) is 27.6 Å². The number of rotatable bonds is 6. The minimum Gasteiger partial charge on any atom is -0.421 e. The summed E-state index contributed by atoms with van der Waals surface area (Å²) in [5.41, 5.74) is 2.32. The van der Waals surface area contributed by atoms with E-state index in [1.54, 1.807) is 18.2 Å². The van der Waals surface area contributed by atoms with Gasteiger partial charge in [0.1, 0.15) is 6.04 Å². The fourth-order valence-electron chi connectivity index (χ4n) is 2.58. The Bertz CT molecular complexity index is 1010. The molecule has 28 heavy (non-hydrogen) atoms. The highest BCUT2D eigenvalue weighted by Gasteiger charge is 2.20. The molecule has 142 valence electrons. The summed E-state index contributed by atoms with van der Waals surface area (Å²) in [7, 11) is 0. The number of nitriles is 1. The molecule has 0 saturated heterocycles. The van der Waals surface area contributed by atoms with Gasteiger partial charge in [0, 0.05) is 34.0 Å². The van der Waals surface area contributed by atoms with E-state index >= 15 is 0 Å². The molecule has 3 rings (SSSR count). The molecule has 1 unspecified atom stereocenters. The van der Waals surface area contributed by atoms with Crippen LogP contribution in [0, 0.1) is 18.3 Å². The Hall–Kier alpha value is -2.88. The lowest BCUT2D eigenvalue weighted by Gasteiger charge is -2.14. The second kappa shape index (κ2) is 8.87. The van der Waals surface area contributed by atoms with Gasteiger partial charge in [0.15, 0.2) is 0 Å². The van der Waals surface area contributed by atoms with Gasteiger partial charge in [0.2, 0.25) is 17.7 Å². The highest BCUT2D eigenvalue weighted by Crippen LogP contribution is 2.30. The number of hydrogen-bond donors (Lipinski definition) is 1. The fraction of sp³-hybridized carbons (Fsp3) is 0.200. The second-order valence-electron chi connectivity index (χ2n) is 6.13. The lowest BCUT2D eigenvalue weighted by Crippen LogP contribution is -2.28. The number of aromatic nitrogens is 2. The zero-order valence-corrected chi connectivity index (χ0v) is 16.5. The summed E-state index contributed by atoms with van der Waals surface area (Å²) in [6.07, 6.45) is 0.328. The summed E-state index contributed by atoms with van der Waals surface area (Å²) in [5.74, 6) is 0.390. The second-order valence-corrected chi connectivity index (χ2v) is 6.95. The van der Waals surface area contributed by atoms with Gasteiger partial charge in [0.05, 0.1) is 6.07 Å². The molecule has 0 spiro atoms. The first-order valence-corrected chi connectivity index (χ1v) is 9.26. The molecule has 2 aromatic carbocycles. The maximum atomic E-state index is 12.3. The van der Waals surface area contributed by atoms with Crippen molar-refractivity contribution in [1.82, 2.24) is 15.5 Å². The third-order valence-electron chi connectivity index (χ3n) is 4.05. The summed E-state index contributed by atoms with van der Waals surface area (Å²) >= 11 is 12.2. The lowest BCUT2D eigenvalue weighted by molar-refractivity contribution is -0.121. The van der Waals surface area contributed by atoms with Crippen LogP contribution in [0.4, 0.5) is 0 Å². The van der Waals surface area contributed by atoms with Gasteiger partial charge < -0.3 is 9.73 Å². The molecule has 1 amide bonds. The van der Waals surface area contributed by atoms with Crippen molar-refractivity contribution < 1.29 is 9.21 Å². The molecule has 3 aromatic rings. The predicted octanol–water partition coefficient (Wildman–Crippen LogP) is 4.67. The highest BCUT2D eigenvalue weighted by molar-refractivity contribution is 6.36. The Kier molecular flexibility index (Phi) is 6.30. The van der Waals surface area contributed by atoms with E-state index in [-0.39, 0.29) is 18.7 Å². The van der Waals surface area contributed by atoms with Crippen LogP contribution >= 0.6 is 23.2 Å². The zero-order valence-electron chi connectivity index (χ0n) is 14.9. The van der Waals surface area contributed by atoms with Crippen LogP contribution in [0.5, 0.6) is 0 Å². The molecule has 1 heterocycles. The number of nitrogens with one attached hydrogen (secondary N) is 1. The molecular formula is C20H16Cl2N4O2. The molecule has 0 saturated carbocycles. The Morgan fingerprint density at radius 2 is 1.86 bits per heavy atom. The summed E-state index contributed by atoms with van der Waals surface area (Å²) in [4.78, 5) is 12.3. The van der Waals surface area contributed by atoms with Gasteiger partial charge in [-0.3, -0.25) is 4.79 Å². The molecule has 0 aliphatic rings. The first kappa shape index (κ1) is 19.9. The number of aryl methyl sites for hydroxylation is 2. The summed E-state index contributed by atoms with van der Waals surface area (Å²) < 4.78 is 5.60. The third kappa shape index (κ3) is 4.69. The molecule has 0 fully saturated rings. The van der Waals surface area contributed by atoms with E-state index < -0.39 is 6.04 Å². The summed E-state index contributed by atoms with van der Waals surface area (Å²) in [5, 5.41) is 20.6. The van der Waals surface area contributed by atoms with Gasteiger partial charge in [-0.15, -0.1) is 10.2 Å². The predicted molar refractivity (Wildman–Crippen MR) is 106 cm³/mol. The highest BCUT2D eigenvalue weighted by atomic mass is 35.5. The Morgan fingerprint density at radius 3 is 2.50 bits per heavy atom. The topological polar surface area (TPSA) is 91.8 Å². The average molecular weight is 415 g/mol. The SMILES string of the molecule is Cc1ccc(-c2nnc(CCC(=O)NC(C#N)c3c(Cl)cccc3Cl)o2)cc1. The molecule has 1 atom stereocenters. The first-order valence-electron chi connectivity index (χ1n) is 8.50. The first-order chi connectivity index (χ1) is 13.5. The minimum absolute atomic E-state index is 0.0791. The molecular weight excluding hydrogens is 399 g/mol.